The molecule has 0 aromatic carbocycles. The van der Waals surface area contributed by atoms with Crippen molar-refractivity contribution < 1.29 is 115 Å². The van der Waals surface area contributed by atoms with Gasteiger partial charge in [-0.1, -0.05) is 0 Å². The maximum atomic E-state index is 12.5. The summed E-state index contributed by atoms with van der Waals surface area (Å²) in [6.45, 7) is -2.15. The Bertz CT molecular complexity index is 1820. The fraction of sp³-hybridized carbons (Fsp3) is 0.476. The standard InChI is InChI=1S/C21H28N7O17P3.Na/c22-17-12-19(25-7-24-17)28(8-26-12)21-16(44-46(33,34)35)14(30)11(43-21)6-41-48(38,39)45-47(36,37)40-5-10-13(29)15(31)20(42-10)27-3-1-2-9(4-27)18(23)32;/h1-4,7-8,10-11,13-16,20-21,29-31H,5-6H2,(H7-,22,23,24,25,32,33,34,35,36,37,38,39);/q;+1/p-1. The van der Waals surface area contributed by atoms with E-state index in [9.17, 15) is 53.4 Å². The monoisotopic (exact) mass is 765 g/mol. The number of phosphoric ester groups is 3. The van der Waals surface area contributed by atoms with E-state index in [0.717, 1.165) is 17.2 Å². The van der Waals surface area contributed by atoms with Gasteiger partial charge in [0, 0.05) is 6.07 Å². The van der Waals surface area contributed by atoms with Crippen LogP contribution in [0.2, 0.25) is 0 Å². The van der Waals surface area contributed by atoms with E-state index in [1.807, 2.05) is 0 Å². The van der Waals surface area contributed by atoms with E-state index in [-0.39, 0.29) is 52.1 Å². The van der Waals surface area contributed by atoms with Gasteiger partial charge in [-0.3, -0.25) is 23.0 Å². The zero-order valence-electron chi connectivity index (χ0n) is 24.9. The number of primary amides is 1. The predicted molar refractivity (Wildman–Crippen MR) is 146 cm³/mol. The number of nitrogen functional groups attached to an aromatic ring is 1. The van der Waals surface area contributed by atoms with Crippen LogP contribution in [0.1, 0.15) is 22.8 Å². The van der Waals surface area contributed by atoms with Crippen molar-refractivity contribution in [3.8, 4) is 0 Å². The Morgan fingerprint density at radius 3 is 2.37 bits per heavy atom. The van der Waals surface area contributed by atoms with Gasteiger partial charge in [0.1, 0.15) is 47.9 Å². The van der Waals surface area contributed by atoms with Crippen LogP contribution in [0.5, 0.6) is 0 Å². The molecule has 49 heavy (non-hydrogen) atoms. The SMILES string of the molecule is NC(=O)c1ccc[n+](C2OC(COP(=O)([O-])OP(=O)(O)OCC3OC(n4cnc5c(N)ncnc54)C(OP(=O)([O-])O)C3O)C(O)C2O)c1.[Na+]. The Balaban J connectivity index is 0.00000541. The molecule has 264 valence electrons. The van der Waals surface area contributed by atoms with Crippen molar-refractivity contribution in [2.24, 2.45) is 5.73 Å². The second-order valence-corrected chi connectivity index (χ2v) is 14.4. The third-order valence-electron chi connectivity index (χ3n) is 6.97. The number of fused-ring (bicyclic) bond motifs is 1. The predicted octanol–water partition coefficient (Wildman–Crippen LogP) is -7.16. The molecule has 3 aromatic heterocycles. The molecule has 1 amide bonds. The number of nitrogens with zero attached hydrogens (tertiary/aromatic N) is 5. The van der Waals surface area contributed by atoms with Crippen LogP contribution in [0, 0.1) is 0 Å². The number of ether oxygens (including phenoxy) is 2. The summed E-state index contributed by atoms with van der Waals surface area (Å²) >= 11 is 0. The summed E-state index contributed by atoms with van der Waals surface area (Å²) in [6.07, 6.45) is -8.82. The first-order valence-corrected chi connectivity index (χ1v) is 17.8. The van der Waals surface area contributed by atoms with Crippen molar-refractivity contribution in [1.29, 1.82) is 0 Å². The molecule has 0 bridgehead atoms. The summed E-state index contributed by atoms with van der Waals surface area (Å²) < 4.78 is 67.5. The fourth-order valence-corrected chi connectivity index (χ4v) is 7.41. The smallest absolute Gasteiger partial charge is 0.756 e. The summed E-state index contributed by atoms with van der Waals surface area (Å²) in [6, 6.07) is 2.77. The third-order valence-corrected chi connectivity index (χ3v) is 10.0. The van der Waals surface area contributed by atoms with Gasteiger partial charge >= 0.3 is 37.4 Å². The second kappa shape index (κ2) is 15.4. The average molecular weight is 765 g/mol. The van der Waals surface area contributed by atoms with Crippen molar-refractivity contribution in [1.82, 2.24) is 19.5 Å². The number of aliphatic hydroxyl groups excluding tert-OH is 3. The van der Waals surface area contributed by atoms with E-state index < -0.39 is 91.7 Å². The minimum Gasteiger partial charge on any atom is -0.756 e. The van der Waals surface area contributed by atoms with Crippen molar-refractivity contribution in [2.45, 2.75) is 49.1 Å². The van der Waals surface area contributed by atoms with E-state index >= 15 is 0 Å². The van der Waals surface area contributed by atoms with Crippen LogP contribution in [0.15, 0.2) is 37.2 Å². The first-order valence-electron chi connectivity index (χ1n) is 13.3. The molecule has 11 atom stereocenters. The van der Waals surface area contributed by atoms with Gasteiger partial charge in [0.2, 0.25) is 0 Å². The molecule has 0 aliphatic carbocycles. The summed E-state index contributed by atoms with van der Waals surface area (Å²) in [5, 5.41) is 31.4. The first-order chi connectivity index (χ1) is 22.4. The van der Waals surface area contributed by atoms with E-state index in [0.29, 0.717) is 0 Å². The minimum atomic E-state index is -5.73. The Morgan fingerprint density at radius 1 is 1.02 bits per heavy atom. The van der Waals surface area contributed by atoms with Gasteiger partial charge in [0.25, 0.3) is 27.8 Å². The number of aromatic nitrogens is 5. The van der Waals surface area contributed by atoms with E-state index in [4.69, 9.17) is 20.9 Å². The van der Waals surface area contributed by atoms with Crippen LogP contribution in [0.3, 0.4) is 0 Å². The fourth-order valence-electron chi connectivity index (χ4n) is 4.82. The topological polar surface area (TPSA) is 370 Å². The van der Waals surface area contributed by atoms with Gasteiger partial charge in [-0.05, 0) is 6.07 Å². The second-order valence-electron chi connectivity index (χ2n) is 10.2. The molecule has 0 radical (unpaired) electrons. The maximum Gasteiger partial charge on any atom is 1.00 e. The Hall–Kier alpha value is -1.86. The van der Waals surface area contributed by atoms with Crippen LogP contribution in [0.25, 0.3) is 11.2 Å². The van der Waals surface area contributed by atoms with E-state index in [1.165, 1.54) is 29.1 Å². The number of carbonyl (C=O) groups is 1. The number of nitrogens with two attached hydrogens (primary N) is 2. The Labute approximate surface area is 296 Å². The largest absolute Gasteiger partial charge is 1.00 e. The molecule has 2 aliphatic rings. The Kier molecular flexibility index (Phi) is 12.5. The molecule has 2 fully saturated rings. The number of hydrogen-bond donors (Lipinski definition) is 7. The molecule has 24 nitrogen and oxygen atoms in total. The molecule has 0 saturated carbocycles. The van der Waals surface area contributed by atoms with Crippen molar-refractivity contribution in [2.75, 3.05) is 18.9 Å². The molecule has 3 aromatic rings. The zero-order valence-corrected chi connectivity index (χ0v) is 29.5. The molecule has 28 heteroatoms. The third kappa shape index (κ3) is 9.33. The number of aliphatic hydroxyl groups is 3. The number of pyridine rings is 1. The number of rotatable bonds is 13. The van der Waals surface area contributed by atoms with E-state index in [1.54, 1.807) is 0 Å². The molecular formula is C21H27N7NaO17P3. The molecule has 2 aliphatic heterocycles. The summed E-state index contributed by atoms with van der Waals surface area (Å²) in [5.41, 5.74) is 11.0. The molecule has 5 heterocycles. The van der Waals surface area contributed by atoms with Crippen molar-refractivity contribution in [3.05, 3.63) is 42.7 Å². The number of amides is 1. The molecular weight excluding hydrogens is 738 g/mol. The number of hydrogen-bond acceptors (Lipinski definition) is 19. The van der Waals surface area contributed by atoms with Crippen molar-refractivity contribution >= 4 is 46.4 Å². The summed E-state index contributed by atoms with van der Waals surface area (Å²) in [4.78, 5) is 66.4. The first kappa shape index (κ1) is 39.9. The van der Waals surface area contributed by atoms with Crippen LogP contribution >= 0.6 is 23.5 Å². The molecule has 9 N–H and O–H groups in total. The summed E-state index contributed by atoms with van der Waals surface area (Å²) in [5.74, 6) is -0.877. The van der Waals surface area contributed by atoms with Gasteiger partial charge in [-0.2, -0.15) is 4.57 Å². The summed E-state index contributed by atoms with van der Waals surface area (Å²) in [7, 11) is -16.9. The van der Waals surface area contributed by atoms with Crippen molar-refractivity contribution in [3.63, 3.8) is 0 Å². The van der Waals surface area contributed by atoms with Gasteiger partial charge in [-0.25, -0.2) is 23.8 Å². The van der Waals surface area contributed by atoms with Crippen LogP contribution < -0.4 is 55.4 Å². The number of anilines is 1. The molecule has 11 unspecified atom stereocenters. The average Bonchev–Trinajstić information content (AvgIpc) is 3.64. The van der Waals surface area contributed by atoms with Crippen LogP contribution in [0.4, 0.5) is 5.82 Å². The maximum absolute atomic E-state index is 12.5. The van der Waals surface area contributed by atoms with Crippen LogP contribution in [-0.2, 0) is 41.1 Å². The molecule has 0 spiro atoms. The molecule has 5 rings (SSSR count). The number of phosphoric acid groups is 3. The van der Waals surface area contributed by atoms with Gasteiger partial charge in [0.05, 0.1) is 19.5 Å². The quantitative estimate of drug-likeness (QED) is 0.0483. The van der Waals surface area contributed by atoms with Gasteiger partial charge in [-0.15, -0.1) is 0 Å². The van der Waals surface area contributed by atoms with Crippen LogP contribution in [-0.4, -0.2) is 100 Å². The molecule has 2 saturated heterocycles. The van der Waals surface area contributed by atoms with Gasteiger partial charge in [0.15, 0.2) is 36.2 Å². The Morgan fingerprint density at radius 2 is 1.69 bits per heavy atom. The number of carbonyl (C=O) groups excluding carboxylic acids is 1. The van der Waals surface area contributed by atoms with Gasteiger partial charge < -0.3 is 64.9 Å². The minimum absolute atomic E-state index is 0. The zero-order chi connectivity index (χ0) is 35.2. The number of imidazole rings is 1. The normalized spacial score (nSPS) is 30.7. The van der Waals surface area contributed by atoms with E-state index in [2.05, 4.69) is 32.8 Å².